The molecule has 0 bridgehead atoms. The molecule has 1 amide bonds. The minimum atomic E-state index is -1.22. The van der Waals surface area contributed by atoms with Gasteiger partial charge in [-0.2, -0.15) is 0 Å². The first-order valence-electron chi connectivity index (χ1n) is 3.31. The highest BCUT2D eigenvalue weighted by molar-refractivity contribution is 6.78. The van der Waals surface area contributed by atoms with Crippen LogP contribution in [0.1, 0.15) is 6.42 Å². The summed E-state index contributed by atoms with van der Waals surface area (Å²) in [5, 5.41) is 0. The molecule has 0 aromatic heterocycles. The molecule has 0 atom stereocenters. The molecule has 0 radical (unpaired) electrons. The monoisotopic (exact) mass is 143 g/mol. The second-order valence-corrected chi connectivity index (χ2v) is 8.06. The quantitative estimate of drug-likeness (QED) is 0.464. The van der Waals surface area contributed by atoms with Crippen molar-refractivity contribution in [3.05, 3.63) is 0 Å². The van der Waals surface area contributed by atoms with Crippen molar-refractivity contribution in [1.29, 1.82) is 0 Å². The maximum atomic E-state index is 11.0. The molecule has 0 aromatic carbocycles. The normalized spacial score (nSPS) is 25.2. The van der Waals surface area contributed by atoms with Crippen molar-refractivity contribution in [3.63, 3.8) is 0 Å². The largest absolute Gasteiger partial charge is 0.372 e. The third kappa shape index (κ3) is 1.01. The molecule has 1 heterocycles. The van der Waals surface area contributed by atoms with Crippen molar-refractivity contribution in [2.45, 2.75) is 25.6 Å². The molecule has 9 heavy (non-hydrogen) atoms. The molecule has 0 saturated carbocycles. The smallest absolute Gasteiger partial charge is 0.214 e. The lowest BCUT2D eigenvalue weighted by atomic mass is 10.5. The lowest BCUT2D eigenvalue weighted by Gasteiger charge is -2.24. The molecule has 0 aromatic rings. The third-order valence-corrected chi connectivity index (χ3v) is 5.77. The van der Waals surface area contributed by atoms with Gasteiger partial charge >= 0.3 is 0 Å². The Hall–Kier alpha value is -0.313. The molecule has 0 N–H and O–H groups in total. The summed E-state index contributed by atoms with van der Waals surface area (Å²) >= 11 is 0. The van der Waals surface area contributed by atoms with Crippen LogP contribution >= 0.6 is 0 Å². The van der Waals surface area contributed by atoms with E-state index in [9.17, 15) is 4.79 Å². The Morgan fingerprint density at radius 3 is 2.22 bits per heavy atom. The first-order chi connectivity index (χ1) is 4.04. The second kappa shape index (κ2) is 1.83. The lowest BCUT2D eigenvalue weighted by Crippen LogP contribution is -2.41. The van der Waals surface area contributed by atoms with Gasteiger partial charge in [-0.1, -0.05) is 13.1 Å². The van der Waals surface area contributed by atoms with Gasteiger partial charge in [0.25, 0.3) is 0 Å². The molecule has 0 aliphatic carbocycles. The van der Waals surface area contributed by atoms with Gasteiger partial charge in [-0.3, -0.25) is 4.79 Å². The van der Waals surface area contributed by atoms with E-state index in [1.54, 1.807) is 0 Å². The average molecular weight is 143 g/mol. The fourth-order valence-corrected chi connectivity index (χ4v) is 3.03. The summed E-state index contributed by atoms with van der Waals surface area (Å²) in [7, 11) is 0.709. The van der Waals surface area contributed by atoms with E-state index in [4.69, 9.17) is 0 Å². The van der Waals surface area contributed by atoms with E-state index in [0.29, 0.717) is 5.91 Å². The highest BCUT2D eigenvalue weighted by Gasteiger charge is 2.36. The molecule has 0 spiro atoms. The topological polar surface area (TPSA) is 20.3 Å². The molecule has 3 heteroatoms. The summed E-state index contributed by atoms with van der Waals surface area (Å²) in [5.74, 6) is 0.340. The Morgan fingerprint density at radius 1 is 1.56 bits per heavy atom. The van der Waals surface area contributed by atoms with Crippen LogP contribution in [0, 0.1) is 0 Å². The van der Waals surface area contributed by atoms with Gasteiger partial charge in [-0.15, -0.1) is 0 Å². The number of hydrogen-bond acceptors (Lipinski definition) is 1. The molecule has 1 saturated heterocycles. The zero-order valence-electron chi connectivity index (χ0n) is 6.27. The lowest BCUT2D eigenvalue weighted by molar-refractivity contribution is -0.124. The zero-order valence-corrected chi connectivity index (χ0v) is 7.27. The van der Waals surface area contributed by atoms with Crippen LogP contribution in [0.3, 0.4) is 0 Å². The number of hydrogen-bond donors (Lipinski definition) is 0. The van der Waals surface area contributed by atoms with E-state index in [2.05, 4.69) is 13.1 Å². The van der Waals surface area contributed by atoms with Crippen molar-refractivity contribution in [3.8, 4) is 0 Å². The fourth-order valence-electron chi connectivity index (χ4n) is 1.09. The first kappa shape index (κ1) is 6.80. The van der Waals surface area contributed by atoms with Gasteiger partial charge < -0.3 is 4.57 Å². The Bertz CT molecular complexity index is 144. The summed E-state index contributed by atoms with van der Waals surface area (Å²) < 4.78 is 1.97. The fraction of sp³-hybridized carbons (Fsp3) is 0.833. The highest BCUT2D eigenvalue weighted by Crippen LogP contribution is 2.24. The van der Waals surface area contributed by atoms with Gasteiger partial charge in [-0.25, -0.2) is 0 Å². The van der Waals surface area contributed by atoms with E-state index in [1.165, 1.54) is 0 Å². The Labute approximate surface area is 56.9 Å². The number of carbonyl (C=O) groups is 1. The van der Waals surface area contributed by atoms with Crippen LogP contribution in [0.5, 0.6) is 0 Å². The van der Waals surface area contributed by atoms with Crippen LogP contribution in [0.2, 0.25) is 19.1 Å². The van der Waals surface area contributed by atoms with Crippen molar-refractivity contribution in [2.24, 2.45) is 0 Å². The number of amides is 1. The number of carbonyl (C=O) groups excluding carboxylic acids is 1. The molecule has 1 aliphatic rings. The van der Waals surface area contributed by atoms with Crippen LogP contribution < -0.4 is 0 Å². The van der Waals surface area contributed by atoms with Gasteiger partial charge in [0.1, 0.15) is 0 Å². The van der Waals surface area contributed by atoms with Crippen LogP contribution in [-0.2, 0) is 4.79 Å². The van der Waals surface area contributed by atoms with Gasteiger partial charge in [0.05, 0.1) is 0 Å². The molecule has 1 fully saturated rings. The summed E-state index contributed by atoms with van der Waals surface area (Å²) in [5.41, 5.74) is 0. The van der Waals surface area contributed by atoms with E-state index in [-0.39, 0.29) is 0 Å². The first-order valence-corrected chi connectivity index (χ1v) is 6.46. The summed E-state index contributed by atoms with van der Waals surface area (Å²) in [6.07, 6.45) is 0.787. The minimum Gasteiger partial charge on any atom is -0.372 e. The Balaban J connectivity index is 2.73. The van der Waals surface area contributed by atoms with Crippen LogP contribution in [0.4, 0.5) is 0 Å². The van der Waals surface area contributed by atoms with E-state index < -0.39 is 8.24 Å². The molecule has 1 rings (SSSR count). The SMILES string of the molecule is CN1C(=O)CC[Si]1(C)C. The van der Waals surface area contributed by atoms with Crippen LogP contribution in [0.25, 0.3) is 0 Å². The average Bonchev–Trinajstić information content (AvgIpc) is 1.97. The standard InChI is InChI=1S/C6H13NOSi/c1-7-6(8)4-5-9(7,2)3/h4-5H2,1-3H3. The molecular weight excluding hydrogens is 130 g/mol. The molecule has 0 unspecified atom stereocenters. The van der Waals surface area contributed by atoms with E-state index in [0.717, 1.165) is 12.5 Å². The van der Waals surface area contributed by atoms with Gasteiger partial charge in [0.15, 0.2) is 8.24 Å². The van der Waals surface area contributed by atoms with Crippen molar-refractivity contribution < 1.29 is 4.79 Å². The van der Waals surface area contributed by atoms with Crippen LogP contribution in [-0.4, -0.2) is 25.8 Å². The Kier molecular flexibility index (Phi) is 1.39. The summed E-state index contributed by atoms with van der Waals surface area (Å²) in [6.45, 7) is 4.47. The number of rotatable bonds is 0. The summed E-state index contributed by atoms with van der Waals surface area (Å²) in [4.78, 5) is 11.0. The maximum absolute atomic E-state index is 11.0. The van der Waals surface area contributed by atoms with Crippen molar-refractivity contribution in [2.75, 3.05) is 7.05 Å². The van der Waals surface area contributed by atoms with Crippen LogP contribution in [0.15, 0.2) is 0 Å². The number of nitrogens with zero attached hydrogens (tertiary/aromatic N) is 1. The van der Waals surface area contributed by atoms with Crippen molar-refractivity contribution >= 4 is 14.1 Å². The molecule has 52 valence electrons. The van der Waals surface area contributed by atoms with Crippen molar-refractivity contribution in [1.82, 2.24) is 4.57 Å². The maximum Gasteiger partial charge on any atom is 0.214 e. The predicted octanol–water partition coefficient (Wildman–Crippen LogP) is 1.05. The predicted molar refractivity (Wildman–Crippen MR) is 39.7 cm³/mol. The third-order valence-electron chi connectivity index (χ3n) is 2.23. The van der Waals surface area contributed by atoms with Gasteiger partial charge in [0, 0.05) is 13.5 Å². The minimum absolute atomic E-state index is 0.340. The zero-order chi connectivity index (χ0) is 7.07. The molecule has 2 nitrogen and oxygen atoms in total. The molecule has 1 aliphatic heterocycles. The Morgan fingerprint density at radius 2 is 2.11 bits per heavy atom. The van der Waals surface area contributed by atoms with E-state index >= 15 is 0 Å². The van der Waals surface area contributed by atoms with Gasteiger partial charge in [0.2, 0.25) is 5.91 Å². The second-order valence-electron chi connectivity index (χ2n) is 3.27. The van der Waals surface area contributed by atoms with Gasteiger partial charge in [-0.05, 0) is 6.04 Å². The highest BCUT2D eigenvalue weighted by atomic mass is 28.3. The van der Waals surface area contributed by atoms with E-state index in [1.807, 2.05) is 11.6 Å². The molecular formula is C6H13NOSi. The summed E-state index contributed by atoms with van der Waals surface area (Å²) in [6, 6.07) is 1.14.